The van der Waals surface area contributed by atoms with Crippen molar-refractivity contribution in [3.05, 3.63) is 57.8 Å². The van der Waals surface area contributed by atoms with Crippen molar-refractivity contribution < 1.29 is 14.3 Å². The smallest absolute Gasteiger partial charge is 0.225 e. The summed E-state index contributed by atoms with van der Waals surface area (Å²) in [5, 5.41) is 0. The van der Waals surface area contributed by atoms with Crippen molar-refractivity contribution in [1.82, 2.24) is 4.90 Å². The van der Waals surface area contributed by atoms with Crippen LogP contribution >= 0.6 is 11.3 Å². The molecule has 1 unspecified atom stereocenters. The van der Waals surface area contributed by atoms with Crippen LogP contribution in [-0.4, -0.2) is 43.3 Å². The summed E-state index contributed by atoms with van der Waals surface area (Å²) in [5.41, 5.74) is 1.26. The van der Waals surface area contributed by atoms with Crippen molar-refractivity contribution in [1.29, 1.82) is 0 Å². The number of amides is 1. The molecule has 3 rings (SSSR count). The van der Waals surface area contributed by atoms with Gasteiger partial charge in [-0.05, 0) is 43.9 Å². The van der Waals surface area contributed by atoms with E-state index in [-0.39, 0.29) is 12.0 Å². The molecule has 0 aliphatic carbocycles. The van der Waals surface area contributed by atoms with E-state index in [1.54, 1.807) is 11.3 Å². The fourth-order valence-electron chi connectivity index (χ4n) is 3.27. The maximum absolute atomic E-state index is 12.8. The van der Waals surface area contributed by atoms with Crippen LogP contribution in [0.3, 0.4) is 0 Å². The topological polar surface area (TPSA) is 38.8 Å². The zero-order valence-electron chi connectivity index (χ0n) is 16.1. The molecule has 1 aromatic heterocycles. The number of aryl methyl sites for hydroxylation is 1. The Morgan fingerprint density at radius 1 is 1.26 bits per heavy atom. The van der Waals surface area contributed by atoms with Crippen molar-refractivity contribution in [2.24, 2.45) is 0 Å². The lowest BCUT2D eigenvalue weighted by Gasteiger charge is -2.22. The van der Waals surface area contributed by atoms with E-state index in [2.05, 4.69) is 31.2 Å². The van der Waals surface area contributed by atoms with Crippen molar-refractivity contribution in [3.63, 3.8) is 0 Å². The van der Waals surface area contributed by atoms with Gasteiger partial charge in [0.2, 0.25) is 5.91 Å². The van der Waals surface area contributed by atoms with Crippen LogP contribution in [0.4, 0.5) is 0 Å². The van der Waals surface area contributed by atoms with Crippen LogP contribution in [0, 0.1) is 6.92 Å². The molecule has 2 heterocycles. The molecule has 1 atom stereocenters. The first kappa shape index (κ1) is 20.1. The first-order chi connectivity index (χ1) is 13.2. The molecule has 27 heavy (non-hydrogen) atoms. The molecule has 1 aliphatic rings. The third-order valence-electron chi connectivity index (χ3n) is 4.80. The van der Waals surface area contributed by atoms with Gasteiger partial charge in [-0.1, -0.05) is 30.3 Å². The molecule has 1 aliphatic heterocycles. The summed E-state index contributed by atoms with van der Waals surface area (Å²) in [6.07, 6.45) is 3.68. The first-order valence-electron chi connectivity index (χ1n) is 9.77. The van der Waals surface area contributed by atoms with E-state index in [0.717, 1.165) is 32.4 Å². The average Bonchev–Trinajstić information content (AvgIpc) is 3.34. The summed E-state index contributed by atoms with van der Waals surface area (Å²) in [6, 6.07) is 14.6. The van der Waals surface area contributed by atoms with Gasteiger partial charge in [-0.25, -0.2) is 0 Å². The lowest BCUT2D eigenvalue weighted by molar-refractivity contribution is -0.133. The Morgan fingerprint density at radius 2 is 2.11 bits per heavy atom. The summed E-state index contributed by atoms with van der Waals surface area (Å²) in [5.74, 6) is 0.157. The monoisotopic (exact) mass is 387 g/mol. The van der Waals surface area contributed by atoms with Gasteiger partial charge in [0.1, 0.15) is 0 Å². The highest BCUT2D eigenvalue weighted by Crippen LogP contribution is 2.18. The summed E-state index contributed by atoms with van der Waals surface area (Å²) in [7, 11) is 0. The Bertz CT molecular complexity index is 695. The molecular formula is C22H29NO3S. The molecule has 0 bridgehead atoms. The molecule has 1 fully saturated rings. The Hall–Kier alpha value is -1.69. The second kappa shape index (κ2) is 10.6. The minimum Gasteiger partial charge on any atom is -0.378 e. The van der Waals surface area contributed by atoms with E-state index < -0.39 is 0 Å². The lowest BCUT2D eigenvalue weighted by Crippen LogP contribution is -2.33. The van der Waals surface area contributed by atoms with Crippen LogP contribution in [0.25, 0.3) is 0 Å². The molecule has 0 N–H and O–H groups in total. The predicted octanol–water partition coefficient (Wildman–Crippen LogP) is 4.21. The third-order valence-corrected chi connectivity index (χ3v) is 5.78. The fourth-order valence-corrected chi connectivity index (χ4v) is 4.17. The zero-order chi connectivity index (χ0) is 18.9. The number of benzene rings is 1. The van der Waals surface area contributed by atoms with Crippen LogP contribution in [-0.2, 0) is 27.2 Å². The van der Waals surface area contributed by atoms with Crippen LogP contribution in [0.15, 0.2) is 42.5 Å². The number of rotatable bonds is 10. The van der Waals surface area contributed by atoms with Crippen molar-refractivity contribution in [2.75, 3.05) is 26.4 Å². The normalized spacial score (nSPS) is 16.6. The van der Waals surface area contributed by atoms with Gasteiger partial charge >= 0.3 is 0 Å². The summed E-state index contributed by atoms with van der Waals surface area (Å²) in [4.78, 5) is 17.3. The third kappa shape index (κ3) is 6.76. The maximum Gasteiger partial charge on any atom is 0.225 e. The van der Waals surface area contributed by atoms with Gasteiger partial charge in [0.25, 0.3) is 0 Å². The number of thiophene rings is 1. The molecule has 0 spiro atoms. The van der Waals surface area contributed by atoms with Gasteiger partial charge in [-0.2, -0.15) is 0 Å². The molecule has 1 aromatic carbocycles. The van der Waals surface area contributed by atoms with Crippen LogP contribution in [0.2, 0.25) is 0 Å². The van der Waals surface area contributed by atoms with Crippen molar-refractivity contribution in [3.8, 4) is 0 Å². The van der Waals surface area contributed by atoms with E-state index in [1.807, 2.05) is 23.1 Å². The van der Waals surface area contributed by atoms with E-state index in [9.17, 15) is 4.79 Å². The highest BCUT2D eigenvalue weighted by molar-refractivity contribution is 7.11. The van der Waals surface area contributed by atoms with Gasteiger partial charge < -0.3 is 14.4 Å². The van der Waals surface area contributed by atoms with Crippen LogP contribution in [0.5, 0.6) is 0 Å². The number of nitrogens with zero attached hydrogens (tertiary/aromatic N) is 1. The molecule has 1 amide bonds. The molecule has 1 saturated heterocycles. The van der Waals surface area contributed by atoms with E-state index >= 15 is 0 Å². The molecule has 4 nitrogen and oxygen atoms in total. The number of ether oxygens (including phenoxy) is 2. The number of carbonyl (C=O) groups is 1. The van der Waals surface area contributed by atoms with Gasteiger partial charge in [-0.3, -0.25) is 4.79 Å². The first-order valence-corrected chi connectivity index (χ1v) is 10.6. The second-order valence-corrected chi connectivity index (χ2v) is 8.40. The average molecular weight is 388 g/mol. The van der Waals surface area contributed by atoms with Gasteiger partial charge in [-0.15, -0.1) is 11.3 Å². The summed E-state index contributed by atoms with van der Waals surface area (Å²) < 4.78 is 11.2. The largest absolute Gasteiger partial charge is 0.378 e. The van der Waals surface area contributed by atoms with Crippen molar-refractivity contribution in [2.45, 2.75) is 45.3 Å². The fraction of sp³-hybridized carbons (Fsp3) is 0.500. The van der Waals surface area contributed by atoms with Crippen LogP contribution < -0.4 is 0 Å². The summed E-state index contributed by atoms with van der Waals surface area (Å²) >= 11 is 1.76. The molecular weight excluding hydrogens is 358 g/mol. The van der Waals surface area contributed by atoms with Crippen LogP contribution in [0.1, 0.15) is 34.6 Å². The van der Waals surface area contributed by atoms with Crippen molar-refractivity contribution >= 4 is 17.2 Å². The quantitative estimate of drug-likeness (QED) is 0.573. The molecule has 5 heteroatoms. The molecule has 0 radical (unpaired) electrons. The lowest BCUT2D eigenvalue weighted by atomic mass is 10.1. The standard InChI is InChI=1S/C22H29NO3S/c1-18-9-10-21(27-18)16-23(13-11-19-6-3-2-4-7-19)22(24)12-15-25-17-20-8-5-14-26-20/h2-4,6-7,9-10,20H,5,8,11-17H2,1H3. The van der Waals surface area contributed by atoms with E-state index in [0.29, 0.717) is 26.2 Å². The zero-order valence-corrected chi connectivity index (χ0v) is 16.9. The minimum absolute atomic E-state index is 0.157. The SMILES string of the molecule is Cc1ccc(CN(CCc2ccccc2)C(=O)CCOCC2CCCO2)s1. The highest BCUT2D eigenvalue weighted by Gasteiger charge is 2.17. The van der Waals surface area contributed by atoms with Gasteiger partial charge in [0, 0.05) is 22.9 Å². The number of hydrogen-bond donors (Lipinski definition) is 0. The Balaban J connectivity index is 1.50. The van der Waals surface area contributed by atoms with Gasteiger partial charge in [0.15, 0.2) is 0 Å². The Kier molecular flexibility index (Phi) is 7.87. The second-order valence-electron chi connectivity index (χ2n) is 7.02. The maximum atomic E-state index is 12.8. The molecule has 0 saturated carbocycles. The van der Waals surface area contributed by atoms with E-state index in [4.69, 9.17) is 9.47 Å². The number of hydrogen-bond acceptors (Lipinski definition) is 4. The Labute approximate surface area is 166 Å². The molecule has 146 valence electrons. The Morgan fingerprint density at radius 3 is 2.81 bits per heavy atom. The number of carbonyl (C=O) groups excluding carboxylic acids is 1. The minimum atomic E-state index is 0.157. The summed E-state index contributed by atoms with van der Waals surface area (Å²) in [6.45, 7) is 5.40. The van der Waals surface area contributed by atoms with Gasteiger partial charge in [0.05, 0.1) is 32.3 Å². The predicted molar refractivity (Wildman–Crippen MR) is 109 cm³/mol. The van der Waals surface area contributed by atoms with E-state index in [1.165, 1.54) is 15.3 Å². The molecule has 2 aromatic rings. The highest BCUT2D eigenvalue weighted by atomic mass is 32.1.